The van der Waals surface area contributed by atoms with Gasteiger partial charge in [0.1, 0.15) is 11.5 Å². The fourth-order valence-electron chi connectivity index (χ4n) is 4.69. The number of allylic oxidation sites excluding steroid dienone is 1. The second-order valence-electron chi connectivity index (χ2n) is 8.98. The first-order valence-electron chi connectivity index (χ1n) is 12.1. The number of hydrogen-bond donors (Lipinski definition) is 3. The molecule has 35 heavy (non-hydrogen) atoms. The standard InChI is InChI=1S/C26H30FN7O/c27-20-8-5-18(6-9-20)24-23(22-10-7-19(25(28)35)17-34(22)32-24)21-11-13-30-26(31-21)29-12-4-16-33-14-2-1-3-15-33/h5-11,13,17,26,29,31H,1-4,12,14-16H2,(H2,28,35)/t26-/m0/s1. The first kappa shape index (κ1) is 23.2. The van der Waals surface area contributed by atoms with E-state index in [2.05, 4.69) is 20.5 Å². The monoisotopic (exact) mass is 475 g/mol. The Morgan fingerprint density at radius 3 is 2.71 bits per heavy atom. The van der Waals surface area contributed by atoms with Gasteiger partial charge >= 0.3 is 0 Å². The van der Waals surface area contributed by atoms with Crippen LogP contribution < -0.4 is 16.4 Å². The quantitative estimate of drug-likeness (QED) is 0.435. The Labute approximate surface area is 203 Å². The lowest BCUT2D eigenvalue weighted by atomic mass is 10.0. The number of likely N-dealkylation sites (tertiary alicyclic amines) is 1. The second-order valence-corrected chi connectivity index (χ2v) is 8.98. The molecule has 1 atom stereocenters. The zero-order chi connectivity index (χ0) is 24.2. The largest absolute Gasteiger partial charge is 0.366 e. The summed E-state index contributed by atoms with van der Waals surface area (Å²) in [5, 5.41) is 11.7. The number of benzene rings is 1. The van der Waals surface area contributed by atoms with Crippen molar-refractivity contribution in [3.63, 3.8) is 0 Å². The zero-order valence-electron chi connectivity index (χ0n) is 19.6. The summed E-state index contributed by atoms with van der Waals surface area (Å²) in [7, 11) is 0. The normalized spacial score (nSPS) is 18.4. The lowest BCUT2D eigenvalue weighted by Crippen LogP contribution is -2.42. The van der Waals surface area contributed by atoms with Crippen molar-refractivity contribution in [1.82, 2.24) is 25.1 Å². The maximum absolute atomic E-state index is 13.6. The van der Waals surface area contributed by atoms with Crippen LogP contribution in [0.25, 0.3) is 22.5 Å². The van der Waals surface area contributed by atoms with E-state index in [9.17, 15) is 9.18 Å². The predicted octanol–water partition coefficient (Wildman–Crippen LogP) is 3.00. The van der Waals surface area contributed by atoms with E-state index < -0.39 is 5.91 Å². The van der Waals surface area contributed by atoms with E-state index in [-0.39, 0.29) is 12.1 Å². The van der Waals surface area contributed by atoms with Crippen molar-refractivity contribution < 1.29 is 9.18 Å². The molecule has 8 nitrogen and oxygen atoms in total. The number of pyridine rings is 1. The molecule has 1 aromatic carbocycles. The molecule has 0 radical (unpaired) electrons. The first-order chi connectivity index (χ1) is 17.1. The fourth-order valence-corrected chi connectivity index (χ4v) is 4.69. The molecule has 5 rings (SSSR count). The Balaban J connectivity index is 1.37. The van der Waals surface area contributed by atoms with E-state index in [4.69, 9.17) is 10.8 Å². The lowest BCUT2D eigenvalue weighted by molar-refractivity contribution is 0.0999. The van der Waals surface area contributed by atoms with Gasteiger partial charge < -0.3 is 16.0 Å². The number of amides is 1. The first-order valence-corrected chi connectivity index (χ1v) is 12.1. The Morgan fingerprint density at radius 2 is 1.94 bits per heavy atom. The summed E-state index contributed by atoms with van der Waals surface area (Å²) >= 11 is 0. The Kier molecular flexibility index (Phi) is 6.87. The van der Waals surface area contributed by atoms with Gasteiger partial charge in [-0.15, -0.1) is 0 Å². The Morgan fingerprint density at radius 1 is 1.14 bits per heavy atom. The molecule has 4 heterocycles. The van der Waals surface area contributed by atoms with E-state index in [1.807, 2.05) is 12.1 Å². The topological polar surface area (TPSA) is 100 Å². The highest BCUT2D eigenvalue weighted by Gasteiger charge is 2.22. The van der Waals surface area contributed by atoms with Crippen molar-refractivity contribution in [3.05, 3.63) is 65.6 Å². The van der Waals surface area contributed by atoms with E-state index in [0.29, 0.717) is 11.3 Å². The van der Waals surface area contributed by atoms with Crippen LogP contribution in [0.15, 0.2) is 53.7 Å². The SMILES string of the molecule is NC(=O)c1ccc2c(C3=CC=N[C@H](NCCCN4CCCCC4)N3)c(-c3ccc(F)cc3)nn2c1. The average molecular weight is 476 g/mol. The Hall–Kier alpha value is -3.56. The molecule has 0 bridgehead atoms. The van der Waals surface area contributed by atoms with Gasteiger partial charge in [0.2, 0.25) is 5.91 Å². The molecule has 2 aliphatic rings. The van der Waals surface area contributed by atoms with Crippen LogP contribution in [0.3, 0.4) is 0 Å². The third-order valence-corrected chi connectivity index (χ3v) is 6.51. The number of nitrogens with two attached hydrogens (primary N) is 1. The molecule has 1 saturated heterocycles. The van der Waals surface area contributed by atoms with E-state index >= 15 is 0 Å². The van der Waals surface area contributed by atoms with Crippen LogP contribution in [0.1, 0.15) is 41.6 Å². The number of hydrogen-bond acceptors (Lipinski definition) is 6. The van der Waals surface area contributed by atoms with Crippen LogP contribution in [0.5, 0.6) is 0 Å². The maximum Gasteiger partial charge on any atom is 0.250 e. The molecule has 9 heteroatoms. The number of rotatable bonds is 8. The van der Waals surface area contributed by atoms with E-state index in [1.54, 1.807) is 35.1 Å². The Bertz CT molecular complexity index is 1260. The van der Waals surface area contributed by atoms with Crippen LogP contribution in [0.4, 0.5) is 4.39 Å². The number of halogens is 1. The summed E-state index contributed by atoms with van der Waals surface area (Å²) in [5.41, 5.74) is 9.75. The van der Waals surface area contributed by atoms with Crippen LogP contribution in [0, 0.1) is 5.82 Å². The minimum atomic E-state index is -0.525. The van der Waals surface area contributed by atoms with Gasteiger partial charge in [-0.2, -0.15) is 5.10 Å². The number of fused-ring (bicyclic) bond motifs is 1. The van der Waals surface area contributed by atoms with Gasteiger partial charge in [-0.25, -0.2) is 8.91 Å². The van der Waals surface area contributed by atoms with Crippen molar-refractivity contribution in [2.75, 3.05) is 26.2 Å². The van der Waals surface area contributed by atoms with E-state index in [1.165, 1.54) is 44.5 Å². The molecule has 0 spiro atoms. The van der Waals surface area contributed by atoms with Gasteiger partial charge in [0.05, 0.1) is 16.6 Å². The highest BCUT2D eigenvalue weighted by molar-refractivity contribution is 5.96. The van der Waals surface area contributed by atoms with E-state index in [0.717, 1.165) is 41.9 Å². The molecule has 2 aromatic heterocycles. The maximum atomic E-state index is 13.6. The molecule has 1 fully saturated rings. The number of carbonyl (C=O) groups excluding carboxylic acids is 1. The molecular weight excluding hydrogens is 445 g/mol. The van der Waals surface area contributed by atoms with Gasteiger partial charge in [0, 0.05) is 23.7 Å². The number of primary amides is 1. The molecule has 0 aliphatic carbocycles. The summed E-state index contributed by atoms with van der Waals surface area (Å²) in [5.74, 6) is -0.839. The van der Waals surface area contributed by atoms with Gasteiger partial charge in [-0.3, -0.25) is 15.1 Å². The minimum absolute atomic E-state index is 0.266. The molecule has 2 aliphatic heterocycles. The van der Waals surface area contributed by atoms with Crippen molar-refractivity contribution in [3.8, 4) is 11.3 Å². The molecular formula is C26H30FN7O. The number of piperidine rings is 1. The van der Waals surface area contributed by atoms with Crippen LogP contribution in [-0.2, 0) is 0 Å². The lowest BCUT2D eigenvalue weighted by Gasteiger charge is -2.27. The number of aromatic nitrogens is 2. The smallest absolute Gasteiger partial charge is 0.250 e. The third-order valence-electron chi connectivity index (χ3n) is 6.51. The summed E-state index contributed by atoms with van der Waals surface area (Å²) in [6.45, 7) is 4.34. The van der Waals surface area contributed by atoms with Crippen LogP contribution >= 0.6 is 0 Å². The predicted molar refractivity (Wildman–Crippen MR) is 135 cm³/mol. The molecule has 0 unspecified atom stereocenters. The van der Waals surface area contributed by atoms with Gasteiger partial charge in [-0.05, 0) is 87.9 Å². The zero-order valence-corrected chi connectivity index (χ0v) is 19.6. The summed E-state index contributed by atoms with van der Waals surface area (Å²) in [6.07, 6.45) is 10.0. The van der Waals surface area contributed by atoms with Gasteiger partial charge in [0.15, 0.2) is 6.29 Å². The third kappa shape index (κ3) is 5.26. The van der Waals surface area contributed by atoms with Crippen molar-refractivity contribution in [2.45, 2.75) is 32.0 Å². The number of aliphatic imine (C=N–C) groups is 1. The van der Waals surface area contributed by atoms with Gasteiger partial charge in [-0.1, -0.05) is 6.42 Å². The van der Waals surface area contributed by atoms with Crippen molar-refractivity contribution in [2.24, 2.45) is 10.7 Å². The van der Waals surface area contributed by atoms with Gasteiger partial charge in [0.25, 0.3) is 0 Å². The minimum Gasteiger partial charge on any atom is -0.366 e. The highest BCUT2D eigenvalue weighted by Crippen LogP contribution is 2.32. The average Bonchev–Trinajstić information content (AvgIpc) is 3.27. The molecule has 182 valence electrons. The summed E-state index contributed by atoms with van der Waals surface area (Å²) < 4.78 is 15.2. The number of carbonyl (C=O) groups is 1. The molecule has 1 amide bonds. The van der Waals surface area contributed by atoms with Crippen molar-refractivity contribution in [1.29, 1.82) is 0 Å². The fraction of sp³-hybridized carbons (Fsp3) is 0.346. The van der Waals surface area contributed by atoms with Crippen LogP contribution in [0.2, 0.25) is 0 Å². The molecule has 4 N–H and O–H groups in total. The number of nitrogens with one attached hydrogen (secondary N) is 2. The van der Waals surface area contributed by atoms with Crippen LogP contribution in [-0.4, -0.2) is 59.1 Å². The molecule has 0 saturated carbocycles. The van der Waals surface area contributed by atoms with Crippen molar-refractivity contribution >= 4 is 23.3 Å². The highest BCUT2D eigenvalue weighted by atomic mass is 19.1. The summed E-state index contributed by atoms with van der Waals surface area (Å²) in [4.78, 5) is 18.8. The summed E-state index contributed by atoms with van der Waals surface area (Å²) in [6, 6.07) is 9.73. The second kappa shape index (κ2) is 10.4. The number of nitrogens with zero attached hydrogens (tertiary/aromatic N) is 4. The molecule has 3 aromatic rings.